The van der Waals surface area contributed by atoms with Crippen molar-refractivity contribution in [3.05, 3.63) is 34.0 Å². The van der Waals surface area contributed by atoms with E-state index in [1.54, 1.807) is 11.3 Å². The molecule has 0 unspecified atom stereocenters. The highest BCUT2D eigenvalue weighted by Gasteiger charge is 2.00. The number of hydrogen-bond donors (Lipinski definition) is 2. The van der Waals surface area contributed by atoms with Crippen LogP contribution in [0.1, 0.15) is 29.6 Å². The van der Waals surface area contributed by atoms with Gasteiger partial charge in [-0.25, -0.2) is 4.98 Å². The Morgan fingerprint density at radius 2 is 2.17 bits per heavy atom. The monoisotopic (exact) mass is 462 g/mol. The molecule has 2 rings (SSSR count). The summed E-state index contributed by atoms with van der Waals surface area (Å²) in [5.41, 5.74) is 2.34. The molecular weight excluding hydrogens is 435 g/mol. The fourth-order valence-electron chi connectivity index (χ4n) is 2.19. The van der Waals surface area contributed by atoms with E-state index >= 15 is 0 Å². The first-order chi connectivity index (χ1) is 11.2. The maximum Gasteiger partial charge on any atom is 0.191 e. The quantitative estimate of drug-likeness (QED) is 0.274. The second-order valence-electron chi connectivity index (χ2n) is 5.43. The van der Waals surface area contributed by atoms with Gasteiger partial charge in [0.2, 0.25) is 0 Å². The number of guanidine groups is 1. The summed E-state index contributed by atoms with van der Waals surface area (Å²) >= 11 is 1.70. The van der Waals surface area contributed by atoms with Crippen molar-refractivity contribution in [2.75, 3.05) is 19.6 Å². The Morgan fingerprint density at radius 1 is 1.33 bits per heavy atom. The number of aryl methyl sites for hydroxylation is 3. The number of thiazole rings is 1. The van der Waals surface area contributed by atoms with Gasteiger partial charge in [0, 0.05) is 44.2 Å². The van der Waals surface area contributed by atoms with Crippen LogP contribution in [0.4, 0.5) is 0 Å². The fourth-order valence-corrected chi connectivity index (χ4v) is 2.83. The van der Waals surface area contributed by atoms with Crippen molar-refractivity contribution in [1.82, 2.24) is 25.4 Å². The van der Waals surface area contributed by atoms with Crippen LogP contribution < -0.4 is 10.6 Å². The number of rotatable bonds is 8. The molecule has 0 aliphatic carbocycles. The van der Waals surface area contributed by atoms with Crippen LogP contribution in [0.15, 0.2) is 22.8 Å². The van der Waals surface area contributed by atoms with Crippen molar-refractivity contribution in [2.45, 2.75) is 40.2 Å². The minimum absolute atomic E-state index is 0. The normalized spacial score (nSPS) is 11.2. The van der Waals surface area contributed by atoms with Gasteiger partial charge < -0.3 is 10.6 Å². The van der Waals surface area contributed by atoms with Gasteiger partial charge in [-0.1, -0.05) is 0 Å². The molecule has 0 aliphatic heterocycles. The average Bonchev–Trinajstić information content (AvgIpc) is 3.12. The summed E-state index contributed by atoms with van der Waals surface area (Å²) in [4.78, 5) is 9.08. The zero-order valence-electron chi connectivity index (χ0n) is 14.6. The summed E-state index contributed by atoms with van der Waals surface area (Å²) in [6.45, 7) is 9.55. The van der Waals surface area contributed by atoms with Crippen molar-refractivity contribution in [3.8, 4) is 0 Å². The minimum atomic E-state index is 0. The van der Waals surface area contributed by atoms with Crippen LogP contribution in [0.5, 0.6) is 0 Å². The molecule has 0 bridgehead atoms. The Kier molecular flexibility index (Phi) is 9.92. The third-order valence-corrected chi connectivity index (χ3v) is 4.08. The van der Waals surface area contributed by atoms with Crippen molar-refractivity contribution in [2.24, 2.45) is 4.99 Å². The zero-order chi connectivity index (χ0) is 16.5. The molecule has 2 aromatic heterocycles. The molecule has 0 aromatic carbocycles. The molecule has 2 N–H and O–H groups in total. The average molecular weight is 462 g/mol. The highest BCUT2D eigenvalue weighted by Crippen LogP contribution is 2.07. The van der Waals surface area contributed by atoms with E-state index in [2.05, 4.69) is 51.1 Å². The lowest BCUT2D eigenvalue weighted by molar-refractivity contribution is 0.583. The number of halogens is 1. The van der Waals surface area contributed by atoms with Gasteiger partial charge in [0.1, 0.15) is 0 Å². The van der Waals surface area contributed by atoms with E-state index in [1.807, 2.05) is 17.8 Å². The van der Waals surface area contributed by atoms with E-state index in [0.717, 1.165) is 55.7 Å². The van der Waals surface area contributed by atoms with E-state index in [-0.39, 0.29) is 24.0 Å². The lowest BCUT2D eigenvalue weighted by Gasteiger charge is -2.10. The molecule has 0 aliphatic rings. The first kappa shape index (κ1) is 20.9. The highest BCUT2D eigenvalue weighted by atomic mass is 127. The van der Waals surface area contributed by atoms with Crippen LogP contribution in [0, 0.1) is 13.8 Å². The van der Waals surface area contributed by atoms with Crippen LogP contribution >= 0.6 is 35.3 Å². The molecule has 0 saturated carbocycles. The van der Waals surface area contributed by atoms with E-state index in [0.29, 0.717) is 0 Å². The van der Waals surface area contributed by atoms with Gasteiger partial charge in [0.05, 0.1) is 16.9 Å². The first-order valence-electron chi connectivity index (χ1n) is 8.09. The van der Waals surface area contributed by atoms with Gasteiger partial charge in [-0.15, -0.1) is 35.3 Å². The van der Waals surface area contributed by atoms with E-state index < -0.39 is 0 Å². The number of nitrogens with one attached hydrogen (secondary N) is 2. The molecule has 6 nitrogen and oxygen atoms in total. The molecule has 8 heteroatoms. The zero-order valence-corrected chi connectivity index (χ0v) is 17.7. The van der Waals surface area contributed by atoms with Gasteiger partial charge in [-0.2, -0.15) is 5.10 Å². The molecule has 24 heavy (non-hydrogen) atoms. The summed E-state index contributed by atoms with van der Waals surface area (Å²) in [7, 11) is 0. The van der Waals surface area contributed by atoms with E-state index in [4.69, 9.17) is 0 Å². The molecule has 0 fully saturated rings. The van der Waals surface area contributed by atoms with E-state index in [1.165, 1.54) is 5.56 Å². The lowest BCUT2D eigenvalue weighted by atomic mass is 10.3. The summed E-state index contributed by atoms with van der Waals surface area (Å²) in [6, 6.07) is 0. The Labute approximate surface area is 165 Å². The van der Waals surface area contributed by atoms with Gasteiger partial charge >= 0.3 is 0 Å². The summed E-state index contributed by atoms with van der Waals surface area (Å²) < 4.78 is 1.97. The van der Waals surface area contributed by atoms with Crippen molar-refractivity contribution in [1.29, 1.82) is 0 Å². The predicted octanol–water partition coefficient (Wildman–Crippen LogP) is 2.76. The minimum Gasteiger partial charge on any atom is -0.357 e. The molecule has 0 spiro atoms. The number of aromatic nitrogens is 3. The fraction of sp³-hybridized carbons (Fsp3) is 0.562. The molecule has 0 radical (unpaired) electrons. The Hall–Kier alpha value is -1.16. The molecule has 0 amide bonds. The van der Waals surface area contributed by atoms with Gasteiger partial charge in [0.15, 0.2) is 5.96 Å². The predicted molar refractivity (Wildman–Crippen MR) is 112 cm³/mol. The van der Waals surface area contributed by atoms with Gasteiger partial charge in [-0.05, 0) is 32.8 Å². The van der Waals surface area contributed by atoms with E-state index in [9.17, 15) is 0 Å². The van der Waals surface area contributed by atoms with Crippen molar-refractivity contribution in [3.63, 3.8) is 0 Å². The van der Waals surface area contributed by atoms with Crippen molar-refractivity contribution < 1.29 is 0 Å². The third-order valence-electron chi connectivity index (χ3n) is 3.26. The molecule has 2 aromatic rings. The van der Waals surface area contributed by atoms with Crippen LogP contribution in [0.25, 0.3) is 0 Å². The second kappa shape index (κ2) is 11.4. The maximum absolute atomic E-state index is 4.61. The Bertz CT molecular complexity index is 622. The molecule has 134 valence electrons. The molecule has 2 heterocycles. The van der Waals surface area contributed by atoms with Gasteiger partial charge in [-0.3, -0.25) is 9.67 Å². The lowest BCUT2D eigenvalue weighted by Crippen LogP contribution is -2.38. The SMILES string of the molecule is CCNC(=NCCCn1cc(C)cn1)NCCc1csc(C)n1.I. The summed E-state index contributed by atoms with van der Waals surface area (Å²) in [5, 5.41) is 14.2. The number of nitrogens with zero attached hydrogens (tertiary/aromatic N) is 4. The molecular formula is C16H27IN6S. The number of aliphatic imine (C=N–C) groups is 1. The standard InChI is InChI=1S/C16H26N6S.HI/c1-4-17-16(19-8-6-15-12-23-14(3)21-15)18-7-5-9-22-11-13(2)10-20-22;/h10-12H,4-9H2,1-3H3,(H2,17,18,19);1H. The second-order valence-corrected chi connectivity index (χ2v) is 6.49. The van der Waals surface area contributed by atoms with Gasteiger partial charge in [0.25, 0.3) is 0 Å². The third kappa shape index (κ3) is 7.61. The summed E-state index contributed by atoms with van der Waals surface area (Å²) in [6.07, 6.45) is 5.84. The summed E-state index contributed by atoms with van der Waals surface area (Å²) in [5.74, 6) is 0.871. The topological polar surface area (TPSA) is 67.1 Å². The number of hydrogen-bond acceptors (Lipinski definition) is 4. The van der Waals surface area contributed by atoms with Crippen LogP contribution in [-0.4, -0.2) is 40.4 Å². The molecule has 0 saturated heterocycles. The van der Waals surface area contributed by atoms with Crippen LogP contribution in [0.2, 0.25) is 0 Å². The first-order valence-corrected chi connectivity index (χ1v) is 8.97. The van der Waals surface area contributed by atoms with Crippen LogP contribution in [-0.2, 0) is 13.0 Å². The van der Waals surface area contributed by atoms with Crippen molar-refractivity contribution >= 4 is 41.3 Å². The highest BCUT2D eigenvalue weighted by molar-refractivity contribution is 14.0. The maximum atomic E-state index is 4.61. The van der Waals surface area contributed by atoms with Crippen LogP contribution in [0.3, 0.4) is 0 Å². The Balaban J connectivity index is 0.00000288. The largest absolute Gasteiger partial charge is 0.357 e. The molecule has 0 atom stereocenters. The smallest absolute Gasteiger partial charge is 0.191 e. The Morgan fingerprint density at radius 3 is 2.79 bits per heavy atom.